The van der Waals surface area contributed by atoms with Crippen molar-refractivity contribution in [2.45, 2.75) is 43.4 Å². The van der Waals surface area contributed by atoms with Crippen molar-refractivity contribution in [3.8, 4) is 5.75 Å². The van der Waals surface area contributed by atoms with E-state index in [1.54, 1.807) is 17.9 Å². The maximum atomic E-state index is 14.0. The minimum atomic E-state index is -2.97. The third-order valence-electron chi connectivity index (χ3n) is 9.02. The predicted octanol–water partition coefficient (Wildman–Crippen LogP) is -0.470. The molecule has 2 fully saturated rings. The number of amides is 2. The number of nitrogens with two attached hydrogens (primary N) is 1. The van der Waals surface area contributed by atoms with Gasteiger partial charge in [0, 0.05) is 24.6 Å². The Morgan fingerprint density at radius 1 is 1.15 bits per heavy atom. The summed E-state index contributed by atoms with van der Waals surface area (Å²) < 4.78 is 0. The minimum Gasteiger partial charge on any atom is -0.508 e. The molecule has 13 nitrogen and oxygen atoms in total. The highest BCUT2D eigenvalue weighted by Gasteiger charge is 2.68. The smallest absolute Gasteiger partial charge is 0.255 e. The van der Waals surface area contributed by atoms with Gasteiger partial charge in [-0.25, -0.2) is 0 Å². The number of Topliss-reactive ketones (excluding diaryl/α,β-unsaturated/α-hetero) is 2. The number of carbonyl (C=O) groups excluding carboxylic acids is 4. The van der Waals surface area contributed by atoms with Crippen LogP contribution < -0.4 is 11.1 Å². The summed E-state index contributed by atoms with van der Waals surface area (Å²) in [5.41, 5.74) is 1.27. The first-order chi connectivity index (χ1) is 19.2. The van der Waals surface area contributed by atoms with E-state index in [9.17, 15) is 44.7 Å². The SMILES string of the molecule is C[C@@H]1c2ccc(NCC(=O)N3CCCC3)c(O)c2C(O)=C2C(=O)[C@@]3(O)C(O)=C(C(N)=O)C(=O)[C@@H](N(C)C)[C@H]3[C@H](O)[C@H]21. The number of nitrogens with one attached hydrogen (secondary N) is 1. The lowest BCUT2D eigenvalue weighted by Gasteiger charge is -2.53. The molecule has 0 radical (unpaired) electrons. The van der Waals surface area contributed by atoms with Gasteiger partial charge < -0.3 is 41.5 Å². The molecule has 2 amide bonds. The maximum absolute atomic E-state index is 14.0. The lowest BCUT2D eigenvalue weighted by molar-refractivity contribution is -0.169. The molecule has 13 heteroatoms. The molecular weight excluding hydrogens is 536 g/mol. The van der Waals surface area contributed by atoms with Gasteiger partial charge in [0.1, 0.15) is 22.8 Å². The Balaban J connectivity index is 1.63. The highest BCUT2D eigenvalue weighted by Crippen LogP contribution is 2.56. The van der Waals surface area contributed by atoms with Crippen molar-refractivity contribution in [2.75, 3.05) is 39.0 Å². The number of benzene rings is 1. The summed E-state index contributed by atoms with van der Waals surface area (Å²) in [6.45, 7) is 2.83. The van der Waals surface area contributed by atoms with Gasteiger partial charge in [-0.15, -0.1) is 0 Å². The fourth-order valence-electron chi connectivity index (χ4n) is 7.01. The standard InChI is InChI=1S/C28H34N4O9/c1-11-12-6-7-13(30-10-14(33)32-8-4-5-9-32)21(34)16(12)22(35)17-15(11)23(36)19-20(31(2)3)24(37)18(27(29)40)26(39)28(19,41)25(17)38/h6-7,11,15,19-20,23,30,34-36,39,41H,4-5,8-10H2,1-3H3,(H2,29,40)/t11-,15+,19+,20+,23-,28-/m1/s1. The van der Waals surface area contributed by atoms with E-state index in [0.29, 0.717) is 18.7 Å². The van der Waals surface area contributed by atoms with E-state index in [2.05, 4.69) is 5.32 Å². The Morgan fingerprint density at radius 2 is 1.78 bits per heavy atom. The van der Waals surface area contributed by atoms with Gasteiger partial charge in [0.05, 0.1) is 35.9 Å². The molecule has 4 aliphatic rings. The van der Waals surface area contributed by atoms with Gasteiger partial charge in [-0.1, -0.05) is 13.0 Å². The van der Waals surface area contributed by atoms with Crippen LogP contribution >= 0.6 is 0 Å². The molecule has 1 saturated heterocycles. The normalized spacial score (nSPS) is 31.3. The molecule has 1 heterocycles. The Labute approximate surface area is 235 Å². The minimum absolute atomic E-state index is 0.115. The van der Waals surface area contributed by atoms with Gasteiger partial charge >= 0.3 is 0 Å². The van der Waals surface area contributed by atoms with Crippen molar-refractivity contribution < 1.29 is 44.7 Å². The molecule has 6 atom stereocenters. The Bertz CT molecular complexity index is 1430. The van der Waals surface area contributed by atoms with Gasteiger partial charge in [-0.2, -0.15) is 0 Å². The number of likely N-dealkylation sites (tertiary alicyclic amines) is 1. The molecule has 0 unspecified atom stereocenters. The van der Waals surface area contributed by atoms with Gasteiger partial charge in [-0.3, -0.25) is 24.1 Å². The van der Waals surface area contributed by atoms with E-state index in [0.717, 1.165) is 12.8 Å². The monoisotopic (exact) mass is 570 g/mol. The molecule has 3 aliphatic carbocycles. The van der Waals surface area contributed by atoms with Crippen LogP contribution in [-0.2, 0) is 19.2 Å². The van der Waals surface area contributed by atoms with Crippen LogP contribution in [0.1, 0.15) is 36.8 Å². The zero-order chi connectivity index (χ0) is 30.1. The van der Waals surface area contributed by atoms with Crippen LogP contribution in [0.4, 0.5) is 5.69 Å². The second kappa shape index (κ2) is 9.86. The topological polar surface area (TPSA) is 214 Å². The molecular formula is C28H34N4O9. The summed E-state index contributed by atoms with van der Waals surface area (Å²) >= 11 is 0. The van der Waals surface area contributed by atoms with E-state index in [4.69, 9.17) is 5.73 Å². The summed E-state index contributed by atoms with van der Waals surface area (Å²) in [4.78, 5) is 54.9. The lowest BCUT2D eigenvalue weighted by atomic mass is 9.54. The zero-order valence-corrected chi connectivity index (χ0v) is 22.9. The summed E-state index contributed by atoms with van der Waals surface area (Å²) in [5, 5.41) is 59.8. The fraction of sp³-hybridized carbons (Fsp3) is 0.500. The molecule has 1 aliphatic heterocycles. The summed E-state index contributed by atoms with van der Waals surface area (Å²) in [5.74, 6) is -9.68. The predicted molar refractivity (Wildman–Crippen MR) is 145 cm³/mol. The number of hydrogen-bond acceptors (Lipinski definition) is 11. The average Bonchev–Trinajstić information content (AvgIpc) is 3.45. The maximum Gasteiger partial charge on any atom is 0.255 e. The van der Waals surface area contributed by atoms with Gasteiger partial charge in [0.15, 0.2) is 11.4 Å². The van der Waals surface area contributed by atoms with E-state index in [1.165, 1.54) is 25.1 Å². The number of aliphatic hydroxyl groups excluding tert-OH is 3. The number of rotatable bonds is 5. The largest absolute Gasteiger partial charge is 0.508 e. The van der Waals surface area contributed by atoms with E-state index < -0.39 is 81.4 Å². The van der Waals surface area contributed by atoms with Crippen molar-refractivity contribution in [3.05, 3.63) is 40.2 Å². The number of anilines is 1. The first kappa shape index (κ1) is 28.6. The van der Waals surface area contributed by atoms with Gasteiger partial charge in [-0.05, 0) is 44.5 Å². The molecule has 0 spiro atoms. The van der Waals surface area contributed by atoms with Crippen molar-refractivity contribution in [3.63, 3.8) is 0 Å². The van der Waals surface area contributed by atoms with Crippen molar-refractivity contribution in [2.24, 2.45) is 17.6 Å². The number of phenolic OH excluding ortho intramolecular Hbond substituents is 1. The van der Waals surface area contributed by atoms with Crippen molar-refractivity contribution in [1.29, 1.82) is 0 Å². The number of hydrogen-bond donors (Lipinski definition) is 7. The van der Waals surface area contributed by atoms with Crippen molar-refractivity contribution >= 4 is 34.8 Å². The van der Waals surface area contributed by atoms with Crippen LogP contribution in [0.25, 0.3) is 5.76 Å². The number of likely N-dealkylation sites (N-methyl/N-ethyl adjacent to an activating group) is 1. The van der Waals surface area contributed by atoms with Crippen LogP contribution in [0, 0.1) is 11.8 Å². The molecule has 8 N–H and O–H groups in total. The van der Waals surface area contributed by atoms with Crippen molar-refractivity contribution in [1.82, 2.24) is 9.80 Å². The quantitative estimate of drug-likeness (QED) is 0.177. The van der Waals surface area contributed by atoms with Crippen LogP contribution in [0.5, 0.6) is 5.75 Å². The molecule has 5 rings (SSSR count). The first-order valence-corrected chi connectivity index (χ1v) is 13.4. The Kier molecular flexibility index (Phi) is 6.87. The second-order valence-electron chi connectivity index (χ2n) is 11.4. The number of aliphatic hydroxyl groups is 4. The zero-order valence-electron chi connectivity index (χ0n) is 22.9. The molecule has 1 aromatic rings. The van der Waals surface area contributed by atoms with E-state index in [-0.39, 0.29) is 23.7 Å². The molecule has 0 aromatic heterocycles. The number of phenols is 1. The van der Waals surface area contributed by atoms with Gasteiger partial charge in [0.25, 0.3) is 5.91 Å². The highest BCUT2D eigenvalue weighted by atomic mass is 16.4. The molecule has 0 bridgehead atoms. The molecule has 220 valence electrons. The summed E-state index contributed by atoms with van der Waals surface area (Å²) in [6.07, 6.45) is 0.167. The summed E-state index contributed by atoms with van der Waals surface area (Å²) in [6, 6.07) is 1.70. The summed E-state index contributed by atoms with van der Waals surface area (Å²) in [7, 11) is 2.90. The number of primary amides is 1. The van der Waals surface area contributed by atoms with Gasteiger partial charge in [0.2, 0.25) is 11.7 Å². The second-order valence-corrected chi connectivity index (χ2v) is 11.4. The Morgan fingerprint density at radius 3 is 2.37 bits per heavy atom. The van der Waals surface area contributed by atoms with Crippen LogP contribution in [0.15, 0.2) is 29.0 Å². The number of ketones is 2. The van der Waals surface area contributed by atoms with E-state index in [1.807, 2.05) is 0 Å². The number of fused-ring (bicyclic) bond motifs is 3. The fourth-order valence-corrected chi connectivity index (χ4v) is 7.01. The van der Waals surface area contributed by atoms with Crippen LogP contribution in [-0.4, -0.2) is 110 Å². The molecule has 41 heavy (non-hydrogen) atoms. The first-order valence-electron chi connectivity index (χ1n) is 13.4. The third-order valence-corrected chi connectivity index (χ3v) is 9.02. The van der Waals surface area contributed by atoms with Crippen LogP contribution in [0.3, 0.4) is 0 Å². The Hall–Kier alpha value is -3.94. The number of carbonyl (C=O) groups is 4. The molecule has 1 saturated carbocycles. The van der Waals surface area contributed by atoms with Crippen LogP contribution in [0.2, 0.25) is 0 Å². The third kappa shape index (κ3) is 3.94. The number of aromatic hydroxyl groups is 1. The lowest BCUT2D eigenvalue weighted by Crippen LogP contribution is -2.70. The number of nitrogens with zero attached hydrogens (tertiary/aromatic N) is 2. The highest BCUT2D eigenvalue weighted by molar-refractivity contribution is 6.24. The molecule has 1 aromatic carbocycles. The average molecular weight is 571 g/mol. The van der Waals surface area contributed by atoms with E-state index >= 15 is 0 Å².